The van der Waals surface area contributed by atoms with Gasteiger partial charge in [-0.05, 0) is 61.2 Å². The third kappa shape index (κ3) is 7.81. The van der Waals surface area contributed by atoms with Crippen LogP contribution in [0.1, 0.15) is 50.5 Å². The monoisotopic (exact) mass is 476 g/mol. The summed E-state index contributed by atoms with van der Waals surface area (Å²) in [6.45, 7) is 14.5. The molecule has 0 aliphatic heterocycles. The van der Waals surface area contributed by atoms with Gasteiger partial charge < -0.3 is 19.3 Å². The van der Waals surface area contributed by atoms with Crippen LogP contribution in [0.3, 0.4) is 0 Å². The molecular formula is C30H40N2O3. The molecule has 1 heterocycles. The summed E-state index contributed by atoms with van der Waals surface area (Å²) in [6.07, 6.45) is 5.04. The van der Waals surface area contributed by atoms with Crippen molar-refractivity contribution in [3.63, 3.8) is 0 Å². The van der Waals surface area contributed by atoms with E-state index in [1.165, 1.54) is 0 Å². The maximum Gasteiger partial charge on any atom is 0.185 e. The molecule has 0 spiro atoms. The van der Waals surface area contributed by atoms with E-state index in [0.717, 1.165) is 35.3 Å². The Kier molecular flexibility index (Phi) is 9.70. The lowest BCUT2D eigenvalue weighted by Crippen LogP contribution is -2.39. The van der Waals surface area contributed by atoms with Crippen molar-refractivity contribution in [1.82, 2.24) is 9.47 Å². The number of benzene rings is 2. The van der Waals surface area contributed by atoms with E-state index in [4.69, 9.17) is 4.74 Å². The first kappa shape index (κ1) is 26.7. The minimum Gasteiger partial charge on any atom is -0.494 e. The fourth-order valence-corrected chi connectivity index (χ4v) is 4.54. The van der Waals surface area contributed by atoms with Crippen LogP contribution in [0, 0.1) is 11.8 Å². The second-order valence-electron chi connectivity index (χ2n) is 10.1. The number of para-hydroxylation sites is 1. The number of aliphatic hydroxyl groups is 1. The Bertz CT molecular complexity index is 1100. The highest BCUT2D eigenvalue weighted by Gasteiger charge is 2.16. The SMILES string of the molecule is CCOc1ccc(C(=O)/C=C/c2cn(CC(O)CN(CC(C)C)CC(C)C)c3ccccc23)cc1. The third-order valence-corrected chi connectivity index (χ3v) is 5.81. The zero-order chi connectivity index (χ0) is 25.4. The molecule has 5 nitrogen and oxygen atoms in total. The van der Waals surface area contributed by atoms with Crippen LogP contribution in [0.25, 0.3) is 17.0 Å². The number of nitrogens with zero attached hydrogens (tertiary/aromatic N) is 2. The second kappa shape index (κ2) is 12.7. The smallest absolute Gasteiger partial charge is 0.185 e. The Morgan fingerprint density at radius 3 is 2.29 bits per heavy atom. The van der Waals surface area contributed by atoms with E-state index in [0.29, 0.717) is 37.1 Å². The topological polar surface area (TPSA) is 54.7 Å². The summed E-state index contributed by atoms with van der Waals surface area (Å²) >= 11 is 0. The van der Waals surface area contributed by atoms with E-state index in [-0.39, 0.29) is 5.78 Å². The standard InChI is InChI=1S/C30H40N2O3/c1-6-35-27-14-11-24(12-15-27)30(34)16-13-25-19-32(29-10-8-7-9-28(25)29)21-26(33)20-31(17-22(2)3)18-23(4)5/h7-16,19,22-23,26,33H,6,17-18,20-21H2,1-5H3/b16-13+. The van der Waals surface area contributed by atoms with Crippen molar-refractivity contribution in [3.05, 3.63) is 71.9 Å². The number of ether oxygens (including phenoxy) is 1. The second-order valence-corrected chi connectivity index (χ2v) is 10.1. The fraction of sp³-hybridized carbons (Fsp3) is 0.433. The molecule has 1 atom stereocenters. The van der Waals surface area contributed by atoms with Crippen LogP contribution in [-0.2, 0) is 6.54 Å². The zero-order valence-corrected chi connectivity index (χ0v) is 21.8. The van der Waals surface area contributed by atoms with Crippen molar-refractivity contribution in [2.45, 2.75) is 47.3 Å². The van der Waals surface area contributed by atoms with Gasteiger partial charge in [0.25, 0.3) is 0 Å². The lowest BCUT2D eigenvalue weighted by Gasteiger charge is -2.28. The van der Waals surface area contributed by atoms with Gasteiger partial charge in [-0.3, -0.25) is 4.79 Å². The predicted octanol–water partition coefficient (Wildman–Crippen LogP) is 5.91. The van der Waals surface area contributed by atoms with Gasteiger partial charge >= 0.3 is 0 Å². The predicted molar refractivity (Wildman–Crippen MR) is 145 cm³/mol. The number of aromatic nitrogens is 1. The Morgan fingerprint density at radius 1 is 1.00 bits per heavy atom. The Morgan fingerprint density at radius 2 is 1.66 bits per heavy atom. The number of rotatable bonds is 13. The van der Waals surface area contributed by atoms with Crippen LogP contribution in [-0.4, -0.2) is 52.7 Å². The molecule has 188 valence electrons. The highest BCUT2D eigenvalue weighted by molar-refractivity contribution is 6.07. The molecule has 0 aliphatic rings. The fourth-order valence-electron chi connectivity index (χ4n) is 4.54. The maximum atomic E-state index is 12.7. The average Bonchev–Trinajstić information content (AvgIpc) is 3.14. The van der Waals surface area contributed by atoms with Crippen molar-refractivity contribution < 1.29 is 14.6 Å². The van der Waals surface area contributed by atoms with E-state index in [1.54, 1.807) is 18.2 Å². The Hall–Kier alpha value is -2.89. The first-order chi connectivity index (χ1) is 16.8. The van der Waals surface area contributed by atoms with Gasteiger partial charge in [-0.25, -0.2) is 0 Å². The number of ketones is 1. The number of carbonyl (C=O) groups excluding carboxylic acids is 1. The van der Waals surface area contributed by atoms with Gasteiger partial charge in [-0.15, -0.1) is 0 Å². The maximum absolute atomic E-state index is 12.7. The largest absolute Gasteiger partial charge is 0.494 e. The molecule has 0 amide bonds. The number of hydrogen-bond donors (Lipinski definition) is 1. The van der Waals surface area contributed by atoms with Crippen molar-refractivity contribution in [2.75, 3.05) is 26.2 Å². The molecular weight excluding hydrogens is 436 g/mol. The highest BCUT2D eigenvalue weighted by Crippen LogP contribution is 2.23. The Labute approximate surface area is 210 Å². The minimum absolute atomic E-state index is 0.0528. The molecule has 35 heavy (non-hydrogen) atoms. The average molecular weight is 477 g/mol. The molecule has 0 bridgehead atoms. The number of hydrogen-bond acceptors (Lipinski definition) is 4. The molecule has 0 radical (unpaired) electrons. The summed E-state index contributed by atoms with van der Waals surface area (Å²) in [5, 5.41) is 12.0. The lowest BCUT2D eigenvalue weighted by molar-refractivity contribution is 0.0869. The molecule has 1 unspecified atom stereocenters. The summed E-state index contributed by atoms with van der Waals surface area (Å²) in [7, 11) is 0. The van der Waals surface area contributed by atoms with Crippen molar-refractivity contribution in [1.29, 1.82) is 0 Å². The van der Waals surface area contributed by atoms with E-state index < -0.39 is 6.10 Å². The number of allylic oxidation sites excluding steroid dienone is 1. The van der Waals surface area contributed by atoms with Crippen LogP contribution in [0.4, 0.5) is 0 Å². The molecule has 1 N–H and O–H groups in total. The van der Waals surface area contributed by atoms with Crippen LogP contribution >= 0.6 is 0 Å². The van der Waals surface area contributed by atoms with Crippen LogP contribution in [0.5, 0.6) is 5.75 Å². The van der Waals surface area contributed by atoms with Gasteiger partial charge in [0.05, 0.1) is 12.7 Å². The van der Waals surface area contributed by atoms with Crippen molar-refractivity contribution >= 4 is 22.8 Å². The number of carbonyl (C=O) groups is 1. The third-order valence-electron chi connectivity index (χ3n) is 5.81. The van der Waals surface area contributed by atoms with Gasteiger partial charge in [0, 0.05) is 54.4 Å². The molecule has 5 heteroatoms. The molecule has 3 aromatic rings. The summed E-state index contributed by atoms with van der Waals surface area (Å²) < 4.78 is 7.56. The van der Waals surface area contributed by atoms with E-state index >= 15 is 0 Å². The van der Waals surface area contributed by atoms with Crippen LogP contribution in [0.15, 0.2) is 60.8 Å². The van der Waals surface area contributed by atoms with E-state index in [2.05, 4.69) is 49.3 Å². The van der Waals surface area contributed by atoms with Gasteiger partial charge in [-0.2, -0.15) is 0 Å². The highest BCUT2D eigenvalue weighted by atomic mass is 16.5. The van der Waals surface area contributed by atoms with Gasteiger partial charge in [0.2, 0.25) is 0 Å². The first-order valence-corrected chi connectivity index (χ1v) is 12.7. The molecule has 0 fully saturated rings. The van der Waals surface area contributed by atoms with E-state index in [1.807, 2.05) is 43.5 Å². The van der Waals surface area contributed by atoms with Crippen LogP contribution in [0.2, 0.25) is 0 Å². The van der Waals surface area contributed by atoms with Gasteiger partial charge in [-0.1, -0.05) is 45.9 Å². The number of fused-ring (bicyclic) bond motifs is 1. The molecule has 0 saturated carbocycles. The van der Waals surface area contributed by atoms with Crippen molar-refractivity contribution in [3.8, 4) is 5.75 Å². The number of aliphatic hydroxyl groups excluding tert-OH is 1. The molecule has 2 aromatic carbocycles. The summed E-state index contributed by atoms with van der Waals surface area (Å²) in [6, 6.07) is 15.3. The summed E-state index contributed by atoms with van der Waals surface area (Å²) in [4.78, 5) is 15.1. The normalized spacial score (nSPS) is 12.9. The molecule has 0 saturated heterocycles. The Balaban J connectivity index is 1.75. The van der Waals surface area contributed by atoms with Gasteiger partial charge in [0.15, 0.2) is 5.78 Å². The van der Waals surface area contributed by atoms with Gasteiger partial charge in [0.1, 0.15) is 5.75 Å². The lowest BCUT2D eigenvalue weighted by atomic mass is 10.1. The zero-order valence-electron chi connectivity index (χ0n) is 21.8. The quantitative estimate of drug-likeness (QED) is 0.246. The first-order valence-electron chi connectivity index (χ1n) is 12.7. The molecule has 1 aromatic heterocycles. The van der Waals surface area contributed by atoms with Crippen molar-refractivity contribution in [2.24, 2.45) is 11.8 Å². The summed E-state index contributed by atoms with van der Waals surface area (Å²) in [5.41, 5.74) is 2.64. The molecule has 0 aliphatic carbocycles. The van der Waals surface area contributed by atoms with E-state index in [9.17, 15) is 9.90 Å². The summed E-state index contributed by atoms with van der Waals surface area (Å²) in [5.74, 6) is 1.81. The minimum atomic E-state index is -0.481. The molecule has 3 rings (SSSR count). The van der Waals surface area contributed by atoms with Crippen LogP contribution < -0.4 is 4.74 Å².